The van der Waals surface area contributed by atoms with Crippen molar-refractivity contribution in [3.8, 4) is 0 Å². The number of hydrogen-bond acceptors (Lipinski definition) is 7. The Hall–Kier alpha value is -0.780. The summed E-state index contributed by atoms with van der Waals surface area (Å²) in [6.45, 7) is 6.44. The second-order valence-electron chi connectivity index (χ2n) is 4.65. The molecule has 1 aromatic rings. The second-order valence-corrected chi connectivity index (χ2v) is 5.53. The van der Waals surface area contributed by atoms with Gasteiger partial charge in [0.15, 0.2) is 0 Å². The van der Waals surface area contributed by atoms with Gasteiger partial charge in [0.2, 0.25) is 0 Å². The van der Waals surface area contributed by atoms with Crippen molar-refractivity contribution in [3.05, 3.63) is 11.9 Å². The summed E-state index contributed by atoms with van der Waals surface area (Å²) in [5.41, 5.74) is 0.887. The number of aromatic nitrogens is 3. The fourth-order valence-electron chi connectivity index (χ4n) is 1.65. The number of halogens is 1. The van der Waals surface area contributed by atoms with E-state index in [0.29, 0.717) is 39.6 Å². The maximum absolute atomic E-state index is 10.5. The summed E-state index contributed by atoms with van der Waals surface area (Å²) in [6.07, 6.45) is 3.63. The predicted octanol–water partition coefficient (Wildman–Crippen LogP) is 1.85. The molecule has 0 aromatic carbocycles. The molecule has 132 valence electrons. The zero-order chi connectivity index (χ0) is 16.8. The third-order valence-corrected chi connectivity index (χ3v) is 3.03. The summed E-state index contributed by atoms with van der Waals surface area (Å²) < 4.78 is 22.3. The summed E-state index contributed by atoms with van der Waals surface area (Å²) in [5.74, 6) is 0. The lowest BCUT2D eigenvalue weighted by atomic mass is 10.3. The first-order chi connectivity index (χ1) is 11.2. The Bertz CT molecular complexity index is 430. The molecule has 0 spiro atoms. The van der Waals surface area contributed by atoms with Crippen LogP contribution in [0.25, 0.3) is 0 Å². The Morgan fingerprint density at radius 3 is 2.52 bits per heavy atom. The van der Waals surface area contributed by atoms with Crippen LogP contribution >= 0.6 is 22.6 Å². The van der Waals surface area contributed by atoms with Crippen LogP contribution in [0, 0.1) is 0 Å². The van der Waals surface area contributed by atoms with E-state index >= 15 is 0 Å². The number of nitrogens with zero attached hydrogens (tertiary/aromatic N) is 3. The maximum Gasteiger partial charge on any atom is 0.367 e. The minimum absolute atomic E-state index is 0.268. The molecule has 1 rings (SSSR count). The lowest BCUT2D eigenvalue weighted by Gasteiger charge is -2.04. The Morgan fingerprint density at radius 1 is 1.09 bits per heavy atom. The number of carbonyl (C=O) groups is 1. The number of hydrogen-bond donors (Lipinski definition) is 0. The molecule has 0 saturated carbocycles. The molecule has 1 aromatic heterocycles. The van der Waals surface area contributed by atoms with Gasteiger partial charge in [-0.2, -0.15) is 0 Å². The van der Waals surface area contributed by atoms with Crippen LogP contribution in [0.3, 0.4) is 0 Å². The largest absolute Gasteiger partial charge is 0.456 e. The minimum atomic E-state index is -0.328. The first-order valence-electron chi connectivity index (χ1n) is 7.67. The molecular formula is C14H24IN3O5. The van der Waals surface area contributed by atoms with Crippen LogP contribution in [-0.4, -0.2) is 65.2 Å². The van der Waals surface area contributed by atoms with Crippen LogP contribution in [0.15, 0.2) is 6.20 Å². The average Bonchev–Trinajstić information content (AvgIpc) is 2.97. The topological polar surface area (TPSA) is 84.7 Å². The minimum Gasteiger partial charge on any atom is -0.456 e. The van der Waals surface area contributed by atoms with E-state index in [9.17, 15) is 4.79 Å². The molecule has 0 aliphatic rings. The van der Waals surface area contributed by atoms with Crippen molar-refractivity contribution in [1.29, 1.82) is 0 Å². The van der Waals surface area contributed by atoms with Crippen molar-refractivity contribution in [2.24, 2.45) is 0 Å². The van der Waals surface area contributed by atoms with Gasteiger partial charge in [-0.15, -0.1) is 5.10 Å². The predicted molar refractivity (Wildman–Crippen MR) is 91.8 cm³/mol. The molecular weight excluding hydrogens is 417 g/mol. The average molecular weight is 441 g/mol. The first kappa shape index (κ1) is 20.3. The molecule has 0 aliphatic heterocycles. The normalized spacial score (nSPS) is 10.9. The van der Waals surface area contributed by atoms with Gasteiger partial charge >= 0.3 is 3.98 Å². The number of ether oxygens (including phenoxy) is 4. The van der Waals surface area contributed by atoms with Gasteiger partial charge in [-0.1, -0.05) is 12.1 Å². The lowest BCUT2D eigenvalue weighted by Crippen LogP contribution is -2.11. The molecule has 0 aliphatic carbocycles. The van der Waals surface area contributed by atoms with Crippen molar-refractivity contribution in [2.75, 3.05) is 46.2 Å². The molecule has 0 saturated heterocycles. The summed E-state index contributed by atoms with van der Waals surface area (Å²) in [5, 5.41) is 8.10. The van der Waals surface area contributed by atoms with Gasteiger partial charge in [-0.3, -0.25) is 0 Å². The van der Waals surface area contributed by atoms with E-state index in [1.807, 2.05) is 6.20 Å². The number of rotatable bonds is 14. The molecule has 9 heteroatoms. The maximum atomic E-state index is 10.5. The molecule has 0 fully saturated rings. The Morgan fingerprint density at radius 2 is 1.78 bits per heavy atom. The highest BCUT2D eigenvalue weighted by atomic mass is 127. The quantitative estimate of drug-likeness (QED) is 0.248. The fraction of sp³-hybridized carbons (Fsp3) is 0.786. The van der Waals surface area contributed by atoms with Crippen molar-refractivity contribution >= 4 is 26.6 Å². The SMILES string of the molecule is CCCOCCOCCc1cn(CCOCCOC(=O)I)nn1. The van der Waals surface area contributed by atoms with Crippen molar-refractivity contribution in [3.63, 3.8) is 0 Å². The molecule has 8 nitrogen and oxygen atoms in total. The van der Waals surface area contributed by atoms with E-state index in [0.717, 1.165) is 25.1 Å². The highest BCUT2D eigenvalue weighted by Crippen LogP contribution is 1.96. The fourth-order valence-corrected chi connectivity index (χ4v) is 1.87. The highest BCUT2D eigenvalue weighted by molar-refractivity contribution is 14.1. The van der Waals surface area contributed by atoms with Crippen LogP contribution in [0.2, 0.25) is 0 Å². The summed E-state index contributed by atoms with van der Waals surface area (Å²) in [7, 11) is 0. The van der Waals surface area contributed by atoms with Gasteiger partial charge in [-0.05, 0) is 6.42 Å². The molecule has 0 N–H and O–H groups in total. The standard InChI is InChI=1S/C14H24IN3O5/c1-2-5-20-8-9-21-6-3-13-12-18(17-16-13)4-7-22-10-11-23-14(15)19/h12H,2-11H2,1H3. The monoisotopic (exact) mass is 441 g/mol. The Kier molecular flexibility index (Phi) is 12.0. The summed E-state index contributed by atoms with van der Waals surface area (Å²) in [6, 6.07) is 0. The van der Waals surface area contributed by atoms with Gasteiger partial charge in [0.05, 0.1) is 67.9 Å². The third-order valence-electron chi connectivity index (χ3n) is 2.72. The van der Waals surface area contributed by atoms with Crippen LogP contribution in [0.1, 0.15) is 19.0 Å². The van der Waals surface area contributed by atoms with Crippen molar-refractivity contribution in [2.45, 2.75) is 26.3 Å². The van der Waals surface area contributed by atoms with E-state index in [1.165, 1.54) is 0 Å². The highest BCUT2D eigenvalue weighted by Gasteiger charge is 2.01. The van der Waals surface area contributed by atoms with Gasteiger partial charge in [0.1, 0.15) is 6.61 Å². The Balaban J connectivity index is 2.00. The van der Waals surface area contributed by atoms with Crippen LogP contribution in [-0.2, 0) is 31.9 Å². The van der Waals surface area contributed by atoms with E-state index in [2.05, 4.69) is 17.2 Å². The molecule has 0 bridgehead atoms. The van der Waals surface area contributed by atoms with Gasteiger partial charge in [0, 0.05) is 19.2 Å². The van der Waals surface area contributed by atoms with Crippen LogP contribution in [0.4, 0.5) is 4.79 Å². The zero-order valence-electron chi connectivity index (χ0n) is 13.4. The molecule has 0 unspecified atom stereocenters. The molecule has 0 amide bonds. The van der Waals surface area contributed by atoms with Gasteiger partial charge in [0.25, 0.3) is 0 Å². The van der Waals surface area contributed by atoms with Crippen molar-refractivity contribution in [1.82, 2.24) is 15.0 Å². The van der Waals surface area contributed by atoms with Crippen LogP contribution < -0.4 is 0 Å². The zero-order valence-corrected chi connectivity index (χ0v) is 15.6. The molecule has 23 heavy (non-hydrogen) atoms. The molecule has 0 radical (unpaired) electrons. The van der Waals surface area contributed by atoms with Gasteiger partial charge in [-0.25, -0.2) is 9.48 Å². The third kappa shape index (κ3) is 11.4. The van der Waals surface area contributed by atoms with Gasteiger partial charge < -0.3 is 18.9 Å². The summed E-state index contributed by atoms with van der Waals surface area (Å²) >= 11 is 1.58. The molecule has 0 atom stereocenters. The van der Waals surface area contributed by atoms with Crippen molar-refractivity contribution < 1.29 is 23.7 Å². The first-order valence-corrected chi connectivity index (χ1v) is 8.74. The second kappa shape index (κ2) is 13.6. The van der Waals surface area contributed by atoms with E-state index in [4.69, 9.17) is 18.9 Å². The van der Waals surface area contributed by atoms with Crippen LogP contribution in [0.5, 0.6) is 0 Å². The van der Waals surface area contributed by atoms with E-state index < -0.39 is 0 Å². The smallest absolute Gasteiger partial charge is 0.367 e. The Labute approximate surface area is 149 Å². The lowest BCUT2D eigenvalue weighted by molar-refractivity contribution is 0.0489. The van der Waals surface area contributed by atoms with E-state index in [1.54, 1.807) is 27.3 Å². The summed E-state index contributed by atoms with van der Waals surface area (Å²) in [4.78, 5) is 10.5. The number of carbonyl (C=O) groups excluding carboxylic acids is 1. The molecule has 1 heterocycles. The van der Waals surface area contributed by atoms with E-state index in [-0.39, 0.29) is 10.6 Å².